The average Bonchev–Trinajstić information content (AvgIpc) is 2.95. The lowest BCUT2D eigenvalue weighted by Gasteiger charge is -2.62. The molecule has 0 aromatic heterocycles. The van der Waals surface area contributed by atoms with Gasteiger partial charge in [-0.05, 0) is 91.8 Å². The summed E-state index contributed by atoms with van der Waals surface area (Å²) in [4.78, 5) is 0. The quantitative estimate of drug-likeness (QED) is 0.440. The first-order chi connectivity index (χ1) is 14.6. The van der Waals surface area contributed by atoms with Crippen LogP contribution in [0.25, 0.3) is 0 Å². The summed E-state index contributed by atoms with van der Waals surface area (Å²) in [6.45, 7) is 14.6. The van der Waals surface area contributed by atoms with Gasteiger partial charge in [0.25, 0.3) is 0 Å². The second-order valence-electron chi connectivity index (χ2n) is 13.0. The molecule has 0 saturated heterocycles. The zero-order valence-electron chi connectivity index (χ0n) is 21.3. The second-order valence-corrected chi connectivity index (χ2v) is 13.0. The summed E-state index contributed by atoms with van der Waals surface area (Å²) < 4.78 is 0. The fourth-order valence-electron chi connectivity index (χ4n) is 9.51. The molecular formula is C29H50O2. The van der Waals surface area contributed by atoms with Crippen LogP contribution in [0.1, 0.15) is 112 Å². The van der Waals surface area contributed by atoms with Crippen molar-refractivity contribution in [1.82, 2.24) is 0 Å². The molecule has 0 aromatic carbocycles. The van der Waals surface area contributed by atoms with Crippen molar-refractivity contribution in [3.05, 3.63) is 11.6 Å². The van der Waals surface area contributed by atoms with E-state index >= 15 is 0 Å². The summed E-state index contributed by atoms with van der Waals surface area (Å²) in [6.07, 6.45) is 15.1. The first kappa shape index (κ1) is 23.8. The molecule has 0 spiro atoms. The molecule has 3 saturated carbocycles. The van der Waals surface area contributed by atoms with Gasteiger partial charge in [0.15, 0.2) is 0 Å². The standard InChI is InChI=1S/C29H50O2/c1-7-29-24-12-11-21-17-22(30)13-15-27(21,5)23(24)14-16-28(29,6)25(18-26(29)31)20(4)10-8-9-19(2)3/h12,19-23,25-26,30-31H,7-11,13-18H2,1-6H3/t20-,21+,22+,23+,25-,26-,27+,28-,29-/m1/s1. The molecule has 0 aliphatic heterocycles. The normalized spacial score (nSPS) is 48.0. The van der Waals surface area contributed by atoms with Crippen molar-refractivity contribution in [2.75, 3.05) is 0 Å². The van der Waals surface area contributed by atoms with Crippen LogP contribution < -0.4 is 0 Å². The van der Waals surface area contributed by atoms with Gasteiger partial charge >= 0.3 is 0 Å². The topological polar surface area (TPSA) is 40.5 Å². The van der Waals surface area contributed by atoms with E-state index in [-0.39, 0.29) is 23.0 Å². The van der Waals surface area contributed by atoms with Gasteiger partial charge in [-0.1, -0.05) is 72.5 Å². The molecule has 0 radical (unpaired) electrons. The maximum Gasteiger partial charge on any atom is 0.0641 e. The van der Waals surface area contributed by atoms with Crippen LogP contribution in [-0.4, -0.2) is 22.4 Å². The Morgan fingerprint density at radius 1 is 1.03 bits per heavy atom. The van der Waals surface area contributed by atoms with Crippen LogP contribution in [0.3, 0.4) is 0 Å². The molecule has 2 N–H and O–H groups in total. The number of hydrogen-bond acceptors (Lipinski definition) is 2. The third-order valence-electron chi connectivity index (χ3n) is 11.3. The van der Waals surface area contributed by atoms with Crippen molar-refractivity contribution in [3.63, 3.8) is 0 Å². The van der Waals surface area contributed by atoms with Gasteiger partial charge in [0.1, 0.15) is 0 Å². The summed E-state index contributed by atoms with van der Waals surface area (Å²) in [6, 6.07) is 0. The van der Waals surface area contributed by atoms with Crippen LogP contribution in [0.15, 0.2) is 11.6 Å². The monoisotopic (exact) mass is 430 g/mol. The summed E-state index contributed by atoms with van der Waals surface area (Å²) in [5, 5.41) is 22.1. The zero-order valence-corrected chi connectivity index (χ0v) is 21.3. The SMILES string of the molecule is CC[C@]12C3=CC[C@H]4C[C@@H](O)CC[C@]4(C)[C@H]3CC[C@]1(C)[C@@H]([C@H](C)CCCC(C)C)C[C@H]2O. The minimum absolute atomic E-state index is 0.0308. The highest BCUT2D eigenvalue weighted by Crippen LogP contribution is 2.73. The van der Waals surface area contributed by atoms with E-state index in [2.05, 4.69) is 47.6 Å². The summed E-state index contributed by atoms with van der Waals surface area (Å²) in [7, 11) is 0. The first-order valence-electron chi connectivity index (χ1n) is 13.7. The summed E-state index contributed by atoms with van der Waals surface area (Å²) >= 11 is 0. The Bertz CT molecular complexity index is 682. The number of aliphatic hydroxyl groups is 2. The average molecular weight is 431 g/mol. The van der Waals surface area contributed by atoms with Gasteiger partial charge in [0, 0.05) is 5.41 Å². The molecular weight excluding hydrogens is 380 g/mol. The highest BCUT2D eigenvalue weighted by Gasteiger charge is 2.68. The molecule has 3 fully saturated rings. The van der Waals surface area contributed by atoms with Gasteiger partial charge in [-0.15, -0.1) is 0 Å². The van der Waals surface area contributed by atoms with E-state index in [1.54, 1.807) is 5.57 Å². The van der Waals surface area contributed by atoms with E-state index in [9.17, 15) is 10.2 Å². The van der Waals surface area contributed by atoms with Crippen molar-refractivity contribution in [1.29, 1.82) is 0 Å². The van der Waals surface area contributed by atoms with E-state index in [0.717, 1.165) is 44.4 Å². The van der Waals surface area contributed by atoms with Crippen molar-refractivity contribution < 1.29 is 10.2 Å². The van der Waals surface area contributed by atoms with E-state index in [1.165, 1.54) is 32.1 Å². The smallest absolute Gasteiger partial charge is 0.0641 e. The number of rotatable bonds is 6. The maximum atomic E-state index is 11.8. The Hall–Kier alpha value is -0.340. The fraction of sp³-hybridized carbons (Fsp3) is 0.931. The van der Waals surface area contributed by atoms with Crippen LogP contribution in [0.2, 0.25) is 0 Å². The molecule has 2 heteroatoms. The van der Waals surface area contributed by atoms with Crippen molar-refractivity contribution >= 4 is 0 Å². The third-order valence-corrected chi connectivity index (χ3v) is 11.3. The molecule has 2 nitrogen and oxygen atoms in total. The number of allylic oxidation sites excluding steroid dienone is 1. The van der Waals surface area contributed by atoms with Crippen molar-refractivity contribution in [2.45, 2.75) is 124 Å². The van der Waals surface area contributed by atoms with E-state index in [4.69, 9.17) is 0 Å². The Kier molecular flexibility index (Phi) is 6.50. The molecule has 4 aliphatic carbocycles. The predicted octanol–water partition coefficient (Wildman–Crippen LogP) is 7.14. The van der Waals surface area contributed by atoms with Gasteiger partial charge in [-0.25, -0.2) is 0 Å². The first-order valence-corrected chi connectivity index (χ1v) is 13.7. The van der Waals surface area contributed by atoms with Gasteiger partial charge in [-0.2, -0.15) is 0 Å². The number of hydrogen-bond donors (Lipinski definition) is 2. The number of fused-ring (bicyclic) bond motifs is 5. The lowest BCUT2D eigenvalue weighted by atomic mass is 9.42. The zero-order chi connectivity index (χ0) is 22.6. The lowest BCUT2D eigenvalue weighted by molar-refractivity contribution is -0.0908. The largest absolute Gasteiger partial charge is 0.393 e. The van der Waals surface area contributed by atoms with Crippen molar-refractivity contribution in [3.8, 4) is 0 Å². The third kappa shape index (κ3) is 3.49. The van der Waals surface area contributed by atoms with Crippen LogP contribution in [0.5, 0.6) is 0 Å². The molecule has 178 valence electrons. The van der Waals surface area contributed by atoms with E-state index in [0.29, 0.717) is 29.1 Å². The molecule has 0 bridgehead atoms. The highest BCUT2D eigenvalue weighted by atomic mass is 16.3. The molecule has 4 aliphatic rings. The molecule has 0 aromatic rings. The Morgan fingerprint density at radius 3 is 2.45 bits per heavy atom. The maximum absolute atomic E-state index is 11.8. The second kappa shape index (κ2) is 8.46. The minimum atomic E-state index is -0.191. The van der Waals surface area contributed by atoms with E-state index < -0.39 is 0 Å². The number of aliphatic hydroxyl groups excluding tert-OH is 2. The van der Waals surface area contributed by atoms with Gasteiger partial charge in [0.2, 0.25) is 0 Å². The van der Waals surface area contributed by atoms with Crippen LogP contribution in [0, 0.1) is 45.8 Å². The van der Waals surface area contributed by atoms with Gasteiger partial charge in [-0.3, -0.25) is 0 Å². The molecule has 9 atom stereocenters. The Balaban J connectivity index is 1.65. The molecule has 4 rings (SSSR count). The Labute approximate surface area is 192 Å². The van der Waals surface area contributed by atoms with Crippen LogP contribution in [0.4, 0.5) is 0 Å². The molecule has 0 unspecified atom stereocenters. The highest BCUT2D eigenvalue weighted by molar-refractivity contribution is 5.35. The minimum Gasteiger partial charge on any atom is -0.393 e. The van der Waals surface area contributed by atoms with Gasteiger partial charge < -0.3 is 10.2 Å². The molecule has 0 amide bonds. The van der Waals surface area contributed by atoms with Gasteiger partial charge in [0.05, 0.1) is 12.2 Å². The summed E-state index contributed by atoms with van der Waals surface area (Å²) in [5.41, 5.74) is 2.14. The predicted molar refractivity (Wildman–Crippen MR) is 130 cm³/mol. The molecule has 0 heterocycles. The Morgan fingerprint density at radius 2 is 1.77 bits per heavy atom. The lowest BCUT2D eigenvalue weighted by Crippen LogP contribution is -2.56. The summed E-state index contributed by atoms with van der Waals surface area (Å²) in [5.74, 6) is 3.34. The van der Waals surface area contributed by atoms with E-state index in [1.807, 2.05) is 0 Å². The van der Waals surface area contributed by atoms with Crippen molar-refractivity contribution in [2.24, 2.45) is 45.8 Å². The fourth-order valence-corrected chi connectivity index (χ4v) is 9.51. The van der Waals surface area contributed by atoms with Crippen LogP contribution in [-0.2, 0) is 0 Å². The van der Waals surface area contributed by atoms with Crippen LogP contribution >= 0.6 is 0 Å². The molecule has 31 heavy (non-hydrogen) atoms.